The van der Waals surface area contributed by atoms with Crippen molar-refractivity contribution in [2.45, 2.75) is 13.0 Å². The largest absolute Gasteiger partial charge is 0.347 e. The van der Waals surface area contributed by atoms with Gasteiger partial charge >= 0.3 is 0 Å². The molecule has 1 atom stereocenters. The lowest BCUT2D eigenvalue weighted by Crippen LogP contribution is -2.58. The Labute approximate surface area is 122 Å². The van der Waals surface area contributed by atoms with Gasteiger partial charge in [-0.25, -0.2) is 0 Å². The van der Waals surface area contributed by atoms with Crippen LogP contribution in [0, 0.1) is 6.92 Å². The minimum absolute atomic E-state index is 0.0177. The van der Waals surface area contributed by atoms with E-state index in [2.05, 4.69) is 9.59 Å². The van der Waals surface area contributed by atoms with E-state index < -0.39 is 0 Å². The van der Waals surface area contributed by atoms with Gasteiger partial charge in [0.05, 0.1) is 5.69 Å². The summed E-state index contributed by atoms with van der Waals surface area (Å²) in [5.41, 5.74) is 0.648. The van der Waals surface area contributed by atoms with Crippen molar-refractivity contribution in [2.24, 2.45) is 0 Å². The molecular formula is C12H19N5O2S. The van der Waals surface area contributed by atoms with Gasteiger partial charge in [0.1, 0.15) is 10.9 Å². The van der Waals surface area contributed by atoms with Gasteiger partial charge in [-0.3, -0.25) is 14.5 Å². The summed E-state index contributed by atoms with van der Waals surface area (Å²) in [5.74, 6) is -0.0636. The summed E-state index contributed by atoms with van der Waals surface area (Å²) in [6.45, 7) is 3.48. The topological polar surface area (TPSA) is 69.6 Å². The first-order valence-electron chi connectivity index (χ1n) is 6.41. The number of amides is 2. The lowest BCUT2D eigenvalue weighted by molar-refractivity contribution is -0.135. The number of hydrogen-bond acceptors (Lipinski definition) is 6. The molecular weight excluding hydrogens is 278 g/mol. The van der Waals surface area contributed by atoms with Gasteiger partial charge in [-0.1, -0.05) is 4.49 Å². The van der Waals surface area contributed by atoms with Crippen molar-refractivity contribution in [3.63, 3.8) is 0 Å². The average Bonchev–Trinajstić information content (AvgIpc) is 2.84. The number of rotatable bonds is 2. The number of aryl methyl sites for hydroxylation is 1. The van der Waals surface area contributed by atoms with Crippen LogP contribution in [0.3, 0.4) is 0 Å². The summed E-state index contributed by atoms with van der Waals surface area (Å²) in [7, 11) is 5.37. The Balaban J connectivity index is 2.13. The number of carbonyl (C=O) groups is 2. The second-order valence-electron chi connectivity index (χ2n) is 5.17. The van der Waals surface area contributed by atoms with E-state index in [4.69, 9.17) is 0 Å². The average molecular weight is 297 g/mol. The monoisotopic (exact) mass is 297 g/mol. The quantitative estimate of drug-likeness (QED) is 0.749. The van der Waals surface area contributed by atoms with Gasteiger partial charge in [0.25, 0.3) is 5.91 Å². The van der Waals surface area contributed by atoms with E-state index in [9.17, 15) is 9.59 Å². The van der Waals surface area contributed by atoms with Crippen molar-refractivity contribution in [1.29, 1.82) is 0 Å². The van der Waals surface area contributed by atoms with Gasteiger partial charge in [-0.2, -0.15) is 0 Å². The number of nitrogens with zero attached hydrogens (tertiary/aromatic N) is 5. The molecule has 0 aromatic carbocycles. The van der Waals surface area contributed by atoms with Crippen LogP contribution in [0.5, 0.6) is 0 Å². The van der Waals surface area contributed by atoms with E-state index in [0.717, 1.165) is 11.5 Å². The van der Waals surface area contributed by atoms with E-state index in [1.54, 1.807) is 30.8 Å². The molecule has 0 spiro atoms. The fourth-order valence-corrected chi connectivity index (χ4v) is 2.82. The first kappa shape index (κ1) is 14.9. The van der Waals surface area contributed by atoms with Crippen molar-refractivity contribution in [3.05, 3.63) is 10.6 Å². The zero-order chi connectivity index (χ0) is 14.9. The molecule has 0 aliphatic carbocycles. The van der Waals surface area contributed by atoms with E-state index in [1.165, 1.54) is 0 Å². The predicted octanol–water partition coefficient (Wildman–Crippen LogP) is -0.309. The van der Waals surface area contributed by atoms with Crippen LogP contribution >= 0.6 is 11.5 Å². The highest BCUT2D eigenvalue weighted by Crippen LogP contribution is 2.17. The fourth-order valence-electron chi connectivity index (χ4n) is 2.19. The maximum Gasteiger partial charge on any atom is 0.267 e. The Bertz CT molecular complexity index is 516. The molecule has 0 saturated carbocycles. The molecule has 110 valence electrons. The number of carbonyl (C=O) groups excluding carboxylic acids is 2. The zero-order valence-corrected chi connectivity index (χ0v) is 13.0. The molecule has 1 aromatic heterocycles. The minimum atomic E-state index is -0.288. The number of likely N-dealkylation sites (N-methyl/N-ethyl adjacent to an activating group) is 2. The van der Waals surface area contributed by atoms with Crippen LogP contribution in [-0.2, 0) is 4.79 Å². The van der Waals surface area contributed by atoms with Gasteiger partial charge in [0.15, 0.2) is 0 Å². The van der Waals surface area contributed by atoms with Crippen molar-refractivity contribution < 1.29 is 9.59 Å². The molecule has 2 heterocycles. The molecule has 1 aliphatic heterocycles. The Morgan fingerprint density at radius 2 is 2.05 bits per heavy atom. The molecule has 0 N–H and O–H groups in total. The molecule has 0 radical (unpaired) electrons. The van der Waals surface area contributed by atoms with Crippen LogP contribution in [-0.4, -0.2) is 82.9 Å². The zero-order valence-electron chi connectivity index (χ0n) is 12.2. The molecule has 20 heavy (non-hydrogen) atoms. The molecule has 2 amide bonds. The van der Waals surface area contributed by atoms with Crippen LogP contribution in [0.1, 0.15) is 15.4 Å². The highest BCUT2D eigenvalue weighted by atomic mass is 32.1. The molecule has 1 aromatic rings. The van der Waals surface area contributed by atoms with Crippen LogP contribution in [0.4, 0.5) is 0 Å². The van der Waals surface area contributed by atoms with E-state index in [0.29, 0.717) is 30.2 Å². The van der Waals surface area contributed by atoms with Crippen LogP contribution < -0.4 is 0 Å². The summed E-state index contributed by atoms with van der Waals surface area (Å²) in [6, 6.07) is -0.288. The number of aromatic nitrogens is 2. The predicted molar refractivity (Wildman–Crippen MR) is 75.7 cm³/mol. The highest BCUT2D eigenvalue weighted by molar-refractivity contribution is 7.07. The van der Waals surface area contributed by atoms with Gasteiger partial charge in [-0.05, 0) is 25.5 Å². The maximum absolute atomic E-state index is 12.4. The van der Waals surface area contributed by atoms with Crippen molar-refractivity contribution in [3.8, 4) is 0 Å². The van der Waals surface area contributed by atoms with Crippen molar-refractivity contribution in [2.75, 3.05) is 40.8 Å². The van der Waals surface area contributed by atoms with E-state index in [1.807, 2.05) is 11.9 Å². The molecule has 0 bridgehead atoms. The molecule has 8 heteroatoms. The highest BCUT2D eigenvalue weighted by Gasteiger charge is 2.34. The SMILES string of the molecule is Cc1nnsc1C(=O)N1CCN(C)[C@H](C(=O)N(C)C)C1. The molecule has 1 saturated heterocycles. The van der Waals surface area contributed by atoms with Crippen LogP contribution in [0.25, 0.3) is 0 Å². The lowest BCUT2D eigenvalue weighted by Gasteiger charge is -2.39. The second kappa shape index (κ2) is 5.84. The second-order valence-corrected chi connectivity index (χ2v) is 5.92. The normalized spacial score (nSPS) is 20.0. The summed E-state index contributed by atoms with van der Waals surface area (Å²) in [6.07, 6.45) is 0. The molecule has 1 aliphatic rings. The van der Waals surface area contributed by atoms with Gasteiger partial charge in [-0.15, -0.1) is 5.10 Å². The maximum atomic E-state index is 12.4. The fraction of sp³-hybridized carbons (Fsp3) is 0.667. The smallest absolute Gasteiger partial charge is 0.267 e. The number of piperazine rings is 1. The third-order valence-corrected chi connectivity index (χ3v) is 4.32. The van der Waals surface area contributed by atoms with Crippen LogP contribution in [0.2, 0.25) is 0 Å². The standard InChI is InChI=1S/C12H19N5O2S/c1-8-10(20-14-13-8)12(19)17-6-5-16(4)9(7-17)11(18)15(2)3/h9H,5-7H2,1-4H3/t9-/m0/s1. The summed E-state index contributed by atoms with van der Waals surface area (Å²) in [5, 5.41) is 3.87. The first-order chi connectivity index (χ1) is 9.41. The Morgan fingerprint density at radius 1 is 1.35 bits per heavy atom. The summed E-state index contributed by atoms with van der Waals surface area (Å²) >= 11 is 1.11. The Morgan fingerprint density at radius 3 is 2.60 bits per heavy atom. The molecule has 0 unspecified atom stereocenters. The van der Waals surface area contributed by atoms with Crippen molar-refractivity contribution >= 4 is 23.3 Å². The third-order valence-electron chi connectivity index (χ3n) is 3.51. The van der Waals surface area contributed by atoms with Crippen LogP contribution in [0.15, 0.2) is 0 Å². The van der Waals surface area contributed by atoms with E-state index >= 15 is 0 Å². The molecule has 7 nitrogen and oxygen atoms in total. The lowest BCUT2D eigenvalue weighted by atomic mass is 10.1. The summed E-state index contributed by atoms with van der Waals surface area (Å²) < 4.78 is 3.79. The molecule has 2 rings (SSSR count). The van der Waals surface area contributed by atoms with Gasteiger partial charge in [0, 0.05) is 33.7 Å². The minimum Gasteiger partial charge on any atom is -0.347 e. The molecule has 1 fully saturated rings. The van der Waals surface area contributed by atoms with Gasteiger partial charge < -0.3 is 9.80 Å². The number of hydrogen-bond donors (Lipinski definition) is 0. The third kappa shape index (κ3) is 2.80. The summed E-state index contributed by atoms with van der Waals surface area (Å²) in [4.78, 5) is 30.4. The first-order valence-corrected chi connectivity index (χ1v) is 7.18. The Hall–Kier alpha value is -1.54. The Kier molecular flexibility index (Phi) is 4.34. The van der Waals surface area contributed by atoms with Gasteiger partial charge in [0.2, 0.25) is 5.91 Å². The van der Waals surface area contributed by atoms with Crippen molar-refractivity contribution in [1.82, 2.24) is 24.3 Å². The van der Waals surface area contributed by atoms with E-state index in [-0.39, 0.29) is 17.9 Å².